The summed E-state index contributed by atoms with van der Waals surface area (Å²) < 4.78 is 56.8. The number of benzene rings is 2. The molecule has 0 aromatic heterocycles. The Hall–Kier alpha value is -2.68. The van der Waals surface area contributed by atoms with Gasteiger partial charge in [-0.15, -0.1) is 0 Å². The van der Waals surface area contributed by atoms with Crippen molar-refractivity contribution in [1.82, 2.24) is 4.90 Å². The molecule has 9 heteroatoms. The van der Waals surface area contributed by atoms with Gasteiger partial charge >= 0.3 is 0 Å². The maximum Gasteiger partial charge on any atom is 0.257 e. The van der Waals surface area contributed by atoms with E-state index in [1.54, 1.807) is 9.80 Å². The fraction of sp³-hybridized carbons (Fsp3) is 0.409. The Morgan fingerprint density at radius 2 is 1.65 bits per heavy atom. The topological polar surface area (TPSA) is 66.9 Å². The summed E-state index contributed by atoms with van der Waals surface area (Å²) in [6.07, 6.45) is 1.09. The van der Waals surface area contributed by atoms with Crippen LogP contribution in [0.1, 0.15) is 24.2 Å². The minimum Gasteiger partial charge on any atom is -0.492 e. The van der Waals surface area contributed by atoms with Gasteiger partial charge in [0, 0.05) is 44.2 Å². The van der Waals surface area contributed by atoms with Crippen LogP contribution < -0.4 is 9.64 Å². The van der Waals surface area contributed by atoms with Crippen LogP contribution in [0.15, 0.2) is 41.3 Å². The van der Waals surface area contributed by atoms with Crippen LogP contribution >= 0.6 is 0 Å². The van der Waals surface area contributed by atoms with Gasteiger partial charge in [-0.2, -0.15) is 0 Å². The zero-order valence-electron chi connectivity index (χ0n) is 17.8. The second-order valence-corrected chi connectivity index (χ2v) is 10.1. The molecule has 0 aliphatic carbocycles. The molecule has 0 N–H and O–H groups in total. The van der Waals surface area contributed by atoms with E-state index in [0.29, 0.717) is 44.2 Å². The lowest BCUT2D eigenvalue weighted by molar-refractivity contribution is 0.0741. The molecule has 31 heavy (non-hydrogen) atoms. The van der Waals surface area contributed by atoms with Crippen LogP contribution in [-0.2, 0) is 9.84 Å². The Morgan fingerprint density at radius 3 is 2.19 bits per heavy atom. The first-order valence-corrected chi connectivity index (χ1v) is 11.9. The van der Waals surface area contributed by atoms with E-state index in [-0.39, 0.29) is 22.3 Å². The molecule has 0 bridgehead atoms. The number of halogens is 2. The molecule has 2 aromatic rings. The van der Waals surface area contributed by atoms with Crippen molar-refractivity contribution in [3.05, 3.63) is 53.6 Å². The predicted octanol–water partition coefficient (Wildman–Crippen LogP) is 3.37. The number of ether oxygens (including phenoxy) is 1. The van der Waals surface area contributed by atoms with Gasteiger partial charge in [-0.25, -0.2) is 17.2 Å². The van der Waals surface area contributed by atoms with E-state index < -0.39 is 21.5 Å². The first-order valence-electron chi connectivity index (χ1n) is 10.0. The second-order valence-electron chi connectivity index (χ2n) is 8.04. The number of hydrogen-bond donors (Lipinski definition) is 0. The van der Waals surface area contributed by atoms with Crippen LogP contribution in [0.2, 0.25) is 0 Å². The van der Waals surface area contributed by atoms with Gasteiger partial charge in [0.1, 0.15) is 17.4 Å². The highest BCUT2D eigenvalue weighted by atomic mass is 32.2. The second kappa shape index (κ2) is 9.21. The van der Waals surface area contributed by atoms with Crippen LogP contribution in [0.3, 0.4) is 0 Å². The van der Waals surface area contributed by atoms with Crippen molar-refractivity contribution in [2.75, 3.05) is 43.9 Å². The highest BCUT2D eigenvalue weighted by Crippen LogP contribution is 2.26. The van der Waals surface area contributed by atoms with Gasteiger partial charge in [0.25, 0.3) is 5.91 Å². The molecule has 1 aliphatic rings. The summed E-state index contributed by atoms with van der Waals surface area (Å²) in [5.74, 6) is -1.08. The normalized spacial score (nSPS) is 14.8. The summed E-state index contributed by atoms with van der Waals surface area (Å²) >= 11 is 0. The lowest BCUT2D eigenvalue weighted by atomic mass is 10.1. The third-order valence-corrected chi connectivity index (χ3v) is 6.07. The van der Waals surface area contributed by atoms with E-state index in [9.17, 15) is 22.0 Å². The monoisotopic (exact) mass is 452 g/mol. The molecule has 2 aromatic carbocycles. The van der Waals surface area contributed by atoms with E-state index in [2.05, 4.69) is 0 Å². The van der Waals surface area contributed by atoms with Crippen LogP contribution in [0.25, 0.3) is 0 Å². The number of anilines is 1. The molecule has 1 saturated heterocycles. The molecular formula is C22H26F2N2O4S. The zero-order valence-corrected chi connectivity index (χ0v) is 18.6. The number of piperazine rings is 1. The minimum absolute atomic E-state index is 0.0432. The summed E-state index contributed by atoms with van der Waals surface area (Å²) in [7, 11) is -3.50. The molecule has 168 valence electrons. The molecule has 1 amide bonds. The smallest absolute Gasteiger partial charge is 0.257 e. The average Bonchev–Trinajstić information content (AvgIpc) is 2.70. The number of rotatable bonds is 6. The van der Waals surface area contributed by atoms with Gasteiger partial charge in [0.15, 0.2) is 9.84 Å². The van der Waals surface area contributed by atoms with Crippen LogP contribution in [0.4, 0.5) is 14.5 Å². The third-order valence-electron chi connectivity index (χ3n) is 4.96. The van der Waals surface area contributed by atoms with Gasteiger partial charge in [-0.05, 0) is 36.2 Å². The molecule has 0 spiro atoms. The van der Waals surface area contributed by atoms with Crippen LogP contribution in [-0.4, -0.2) is 58.3 Å². The number of nitrogens with zero attached hydrogens (tertiary/aromatic N) is 2. The summed E-state index contributed by atoms with van der Waals surface area (Å²) in [4.78, 5) is 16.6. The fourth-order valence-electron chi connectivity index (χ4n) is 3.35. The maximum atomic E-state index is 13.5. The van der Waals surface area contributed by atoms with Crippen molar-refractivity contribution < 1.29 is 26.7 Å². The molecule has 1 aliphatic heterocycles. The molecule has 0 radical (unpaired) electrons. The molecule has 3 rings (SSSR count). The summed E-state index contributed by atoms with van der Waals surface area (Å²) in [5, 5.41) is 0. The van der Waals surface area contributed by atoms with Gasteiger partial charge in [-0.1, -0.05) is 13.8 Å². The molecule has 0 unspecified atom stereocenters. The van der Waals surface area contributed by atoms with E-state index in [0.717, 1.165) is 12.3 Å². The number of hydrogen-bond acceptors (Lipinski definition) is 5. The first kappa shape index (κ1) is 23.0. The molecule has 0 atom stereocenters. The molecule has 6 nitrogen and oxygen atoms in total. The quantitative estimate of drug-likeness (QED) is 0.672. The van der Waals surface area contributed by atoms with Crippen molar-refractivity contribution in [3.63, 3.8) is 0 Å². The van der Waals surface area contributed by atoms with E-state index in [4.69, 9.17) is 4.74 Å². The fourth-order valence-corrected chi connectivity index (χ4v) is 4.00. The van der Waals surface area contributed by atoms with Crippen molar-refractivity contribution >= 4 is 21.4 Å². The Balaban J connectivity index is 1.80. The molecule has 1 heterocycles. The lowest BCUT2D eigenvalue weighted by Gasteiger charge is -2.36. The molecular weight excluding hydrogens is 426 g/mol. The first-order chi connectivity index (χ1) is 14.5. The average molecular weight is 453 g/mol. The van der Waals surface area contributed by atoms with Crippen molar-refractivity contribution in [1.29, 1.82) is 0 Å². The minimum atomic E-state index is -3.50. The maximum absolute atomic E-state index is 13.5. The van der Waals surface area contributed by atoms with Gasteiger partial charge < -0.3 is 14.5 Å². The van der Waals surface area contributed by atoms with E-state index >= 15 is 0 Å². The van der Waals surface area contributed by atoms with Gasteiger partial charge in [0.2, 0.25) is 0 Å². The third kappa shape index (κ3) is 5.72. The molecule has 0 saturated carbocycles. The Bertz CT molecular complexity index is 1040. The summed E-state index contributed by atoms with van der Waals surface area (Å²) in [6, 6.07) is 7.62. The summed E-state index contributed by atoms with van der Waals surface area (Å²) in [5.41, 5.74) is 0.610. The van der Waals surface area contributed by atoms with E-state index in [1.165, 1.54) is 30.3 Å². The Morgan fingerprint density at radius 1 is 1.03 bits per heavy atom. The van der Waals surface area contributed by atoms with Crippen LogP contribution in [0.5, 0.6) is 5.75 Å². The highest BCUT2D eigenvalue weighted by molar-refractivity contribution is 7.90. The number of amides is 1. The zero-order chi connectivity index (χ0) is 22.8. The lowest BCUT2D eigenvalue weighted by Crippen LogP contribution is -2.49. The Kier molecular flexibility index (Phi) is 6.83. The van der Waals surface area contributed by atoms with E-state index in [1.807, 2.05) is 13.8 Å². The largest absolute Gasteiger partial charge is 0.492 e. The standard InChI is InChI=1S/C22H26F2N2O4S/c1-15(2)14-30-21-5-4-19(31(3,28)29)13-20(21)22(27)26-8-6-25(7-9-26)18-11-16(23)10-17(24)12-18/h4-5,10-13,15H,6-9,14H2,1-3H3. The van der Waals surface area contributed by atoms with Crippen LogP contribution in [0, 0.1) is 17.6 Å². The van der Waals surface area contributed by atoms with Crippen molar-refractivity contribution in [2.24, 2.45) is 5.92 Å². The SMILES string of the molecule is CC(C)COc1ccc(S(C)(=O)=O)cc1C(=O)N1CCN(c2cc(F)cc(F)c2)CC1. The highest BCUT2D eigenvalue weighted by Gasteiger charge is 2.26. The van der Waals surface area contributed by atoms with Gasteiger partial charge in [-0.3, -0.25) is 4.79 Å². The van der Waals surface area contributed by atoms with Gasteiger partial charge in [0.05, 0.1) is 17.1 Å². The predicted molar refractivity (Wildman–Crippen MR) is 114 cm³/mol. The number of carbonyl (C=O) groups excluding carboxylic acids is 1. The van der Waals surface area contributed by atoms with Crippen molar-refractivity contribution in [2.45, 2.75) is 18.7 Å². The molecule has 1 fully saturated rings. The Labute approximate surface area is 181 Å². The number of sulfone groups is 1. The van der Waals surface area contributed by atoms with Crippen molar-refractivity contribution in [3.8, 4) is 5.75 Å². The number of carbonyl (C=O) groups is 1. The summed E-state index contributed by atoms with van der Waals surface area (Å²) in [6.45, 7) is 5.76.